The summed E-state index contributed by atoms with van der Waals surface area (Å²) in [6.45, 7) is 5.23. The van der Waals surface area contributed by atoms with Crippen LogP contribution in [0.1, 0.15) is 52.4 Å². The quantitative estimate of drug-likeness (QED) is 0.663. The third-order valence-corrected chi connectivity index (χ3v) is 3.99. The van der Waals surface area contributed by atoms with Gasteiger partial charge in [0, 0.05) is 19.0 Å². The fourth-order valence-corrected chi connectivity index (χ4v) is 2.74. The first-order chi connectivity index (χ1) is 9.17. The van der Waals surface area contributed by atoms with E-state index in [1.54, 1.807) is 0 Å². The maximum absolute atomic E-state index is 9.92. The summed E-state index contributed by atoms with van der Waals surface area (Å²) in [5, 5.41) is 13.1. The number of rotatable bonds is 8. The van der Waals surface area contributed by atoms with Crippen molar-refractivity contribution in [1.82, 2.24) is 5.32 Å². The van der Waals surface area contributed by atoms with Crippen molar-refractivity contribution in [1.29, 1.82) is 0 Å². The van der Waals surface area contributed by atoms with E-state index in [1.165, 1.54) is 25.7 Å². The van der Waals surface area contributed by atoms with Gasteiger partial charge in [0.25, 0.3) is 0 Å². The second-order valence-electron chi connectivity index (χ2n) is 5.70. The van der Waals surface area contributed by atoms with Crippen LogP contribution in [-0.2, 0) is 4.74 Å². The summed E-state index contributed by atoms with van der Waals surface area (Å²) in [6, 6.07) is 0.248. The Kier molecular flexibility index (Phi) is 8.13. The molecule has 110 valence electrons. The second kappa shape index (κ2) is 9.36. The lowest BCUT2D eigenvalue weighted by Gasteiger charge is -2.31. The highest BCUT2D eigenvalue weighted by Crippen LogP contribution is 2.29. The number of aliphatic hydroxyl groups excluding tert-OH is 1. The lowest BCUT2D eigenvalue weighted by atomic mass is 9.85. The van der Waals surface area contributed by atoms with Crippen molar-refractivity contribution in [2.45, 2.75) is 70.6 Å². The number of aliphatic hydroxyl groups is 1. The van der Waals surface area contributed by atoms with Crippen molar-refractivity contribution in [2.75, 3.05) is 13.2 Å². The molecule has 0 heterocycles. The van der Waals surface area contributed by atoms with Crippen LogP contribution in [-0.4, -0.2) is 36.5 Å². The summed E-state index contributed by atoms with van der Waals surface area (Å²) < 4.78 is 5.91. The average Bonchev–Trinajstić information content (AvgIpc) is 2.43. The molecule has 0 saturated heterocycles. The molecule has 19 heavy (non-hydrogen) atoms. The SMILES string of the molecule is C#CCC(C)NCC(O)COC1CCCCC1CC. The molecule has 4 atom stereocenters. The zero-order valence-electron chi connectivity index (χ0n) is 12.4. The van der Waals surface area contributed by atoms with Gasteiger partial charge in [0.05, 0.1) is 18.8 Å². The monoisotopic (exact) mass is 267 g/mol. The van der Waals surface area contributed by atoms with Crippen LogP contribution in [0.5, 0.6) is 0 Å². The Balaban J connectivity index is 2.18. The Morgan fingerprint density at radius 2 is 2.16 bits per heavy atom. The topological polar surface area (TPSA) is 41.5 Å². The van der Waals surface area contributed by atoms with Gasteiger partial charge in [-0.15, -0.1) is 12.3 Å². The normalized spacial score (nSPS) is 26.6. The molecule has 1 fully saturated rings. The van der Waals surface area contributed by atoms with E-state index in [9.17, 15) is 5.11 Å². The third-order valence-electron chi connectivity index (χ3n) is 3.99. The van der Waals surface area contributed by atoms with Crippen LogP contribution in [0.2, 0.25) is 0 Å². The van der Waals surface area contributed by atoms with E-state index in [0.717, 1.165) is 6.42 Å². The molecule has 3 heteroatoms. The molecule has 1 rings (SSSR count). The molecular weight excluding hydrogens is 238 g/mol. The number of nitrogens with one attached hydrogen (secondary N) is 1. The molecule has 0 aromatic carbocycles. The van der Waals surface area contributed by atoms with Gasteiger partial charge in [-0.05, 0) is 25.7 Å². The second-order valence-corrected chi connectivity index (χ2v) is 5.70. The number of hydrogen-bond acceptors (Lipinski definition) is 3. The molecule has 1 aliphatic carbocycles. The summed E-state index contributed by atoms with van der Waals surface area (Å²) in [5.41, 5.74) is 0. The minimum atomic E-state index is -0.445. The lowest BCUT2D eigenvalue weighted by molar-refractivity contribution is -0.0502. The van der Waals surface area contributed by atoms with Gasteiger partial charge < -0.3 is 15.2 Å². The van der Waals surface area contributed by atoms with E-state index < -0.39 is 6.10 Å². The van der Waals surface area contributed by atoms with Gasteiger partial charge in [-0.25, -0.2) is 0 Å². The van der Waals surface area contributed by atoms with Crippen LogP contribution in [0.3, 0.4) is 0 Å². The number of terminal acetylenes is 1. The van der Waals surface area contributed by atoms with Crippen molar-refractivity contribution in [3.05, 3.63) is 0 Å². The highest BCUT2D eigenvalue weighted by molar-refractivity contribution is 4.88. The smallest absolute Gasteiger partial charge is 0.0897 e. The molecule has 3 nitrogen and oxygen atoms in total. The first kappa shape index (κ1) is 16.5. The Hall–Kier alpha value is -0.560. The van der Waals surface area contributed by atoms with Crippen LogP contribution in [0.25, 0.3) is 0 Å². The largest absolute Gasteiger partial charge is 0.389 e. The van der Waals surface area contributed by atoms with Gasteiger partial charge in [0.15, 0.2) is 0 Å². The zero-order chi connectivity index (χ0) is 14.1. The predicted molar refractivity (Wildman–Crippen MR) is 78.9 cm³/mol. The molecule has 0 aliphatic heterocycles. The minimum absolute atomic E-state index is 0.248. The Morgan fingerprint density at radius 3 is 2.84 bits per heavy atom. The van der Waals surface area contributed by atoms with E-state index in [4.69, 9.17) is 11.2 Å². The highest BCUT2D eigenvalue weighted by atomic mass is 16.5. The molecule has 0 amide bonds. The molecule has 1 saturated carbocycles. The van der Waals surface area contributed by atoms with E-state index in [-0.39, 0.29) is 6.04 Å². The van der Waals surface area contributed by atoms with Crippen molar-refractivity contribution in [2.24, 2.45) is 5.92 Å². The van der Waals surface area contributed by atoms with Crippen LogP contribution in [0.4, 0.5) is 0 Å². The van der Waals surface area contributed by atoms with Crippen molar-refractivity contribution >= 4 is 0 Å². The first-order valence-electron chi connectivity index (χ1n) is 7.63. The molecule has 0 spiro atoms. The molecule has 1 aliphatic rings. The number of hydrogen-bond donors (Lipinski definition) is 2. The molecule has 0 aromatic heterocycles. The summed E-state index contributed by atoms with van der Waals surface area (Å²) in [4.78, 5) is 0. The fourth-order valence-electron chi connectivity index (χ4n) is 2.74. The van der Waals surface area contributed by atoms with E-state index in [1.807, 2.05) is 6.92 Å². The minimum Gasteiger partial charge on any atom is -0.389 e. The van der Waals surface area contributed by atoms with Gasteiger partial charge in [-0.2, -0.15) is 0 Å². The van der Waals surface area contributed by atoms with Gasteiger partial charge >= 0.3 is 0 Å². The van der Waals surface area contributed by atoms with Crippen LogP contribution in [0.15, 0.2) is 0 Å². The Bertz CT molecular complexity index is 274. The molecule has 0 bridgehead atoms. The molecule has 0 radical (unpaired) electrons. The van der Waals surface area contributed by atoms with Crippen molar-refractivity contribution < 1.29 is 9.84 Å². The van der Waals surface area contributed by atoms with E-state index in [0.29, 0.717) is 31.6 Å². The number of ether oxygens (including phenoxy) is 1. The highest BCUT2D eigenvalue weighted by Gasteiger charge is 2.24. The van der Waals surface area contributed by atoms with Crippen LogP contribution < -0.4 is 5.32 Å². The molecular formula is C16H29NO2. The summed E-state index contributed by atoms with van der Waals surface area (Å²) >= 11 is 0. The van der Waals surface area contributed by atoms with Crippen LogP contribution in [0, 0.1) is 18.3 Å². The standard InChI is InChI=1S/C16H29NO2/c1-4-8-13(3)17-11-15(18)12-19-16-10-7-6-9-14(16)5-2/h1,13-18H,5-12H2,2-3H3. The van der Waals surface area contributed by atoms with E-state index in [2.05, 4.69) is 18.2 Å². The van der Waals surface area contributed by atoms with Crippen molar-refractivity contribution in [3.63, 3.8) is 0 Å². The van der Waals surface area contributed by atoms with Gasteiger partial charge in [-0.3, -0.25) is 0 Å². The first-order valence-corrected chi connectivity index (χ1v) is 7.63. The Morgan fingerprint density at radius 1 is 1.42 bits per heavy atom. The van der Waals surface area contributed by atoms with Crippen LogP contribution >= 0.6 is 0 Å². The summed E-state index contributed by atoms with van der Waals surface area (Å²) in [7, 11) is 0. The average molecular weight is 267 g/mol. The third kappa shape index (κ3) is 6.42. The molecule has 2 N–H and O–H groups in total. The maximum atomic E-state index is 9.92. The lowest BCUT2D eigenvalue weighted by Crippen LogP contribution is -2.38. The van der Waals surface area contributed by atoms with Gasteiger partial charge in [0.2, 0.25) is 0 Å². The maximum Gasteiger partial charge on any atom is 0.0897 e. The van der Waals surface area contributed by atoms with Gasteiger partial charge in [-0.1, -0.05) is 26.2 Å². The fraction of sp³-hybridized carbons (Fsp3) is 0.875. The summed E-state index contributed by atoms with van der Waals surface area (Å²) in [6.07, 6.45) is 12.0. The zero-order valence-corrected chi connectivity index (χ0v) is 12.4. The van der Waals surface area contributed by atoms with Gasteiger partial charge in [0.1, 0.15) is 0 Å². The predicted octanol–water partition coefficient (Wildman–Crippen LogP) is 2.33. The molecule has 0 aromatic rings. The Labute approximate surface area is 118 Å². The molecule has 4 unspecified atom stereocenters. The van der Waals surface area contributed by atoms with Crippen molar-refractivity contribution in [3.8, 4) is 12.3 Å². The summed E-state index contributed by atoms with van der Waals surface area (Å²) in [5.74, 6) is 3.29. The van der Waals surface area contributed by atoms with E-state index >= 15 is 0 Å².